The average molecular weight is 720 g/mol. The molecule has 0 fully saturated rings. The quantitative estimate of drug-likeness (QED) is 0.170. The molecule has 2 nitrogen and oxygen atoms in total. The highest BCUT2D eigenvalue weighted by Crippen LogP contribution is 2.51. The number of hydrogen-bond donors (Lipinski definition) is 0. The summed E-state index contributed by atoms with van der Waals surface area (Å²) in [5.74, 6) is 0. The summed E-state index contributed by atoms with van der Waals surface area (Å²) in [7, 11) is 0. The highest BCUT2D eigenvalue weighted by Gasteiger charge is 2.26. The van der Waals surface area contributed by atoms with E-state index in [4.69, 9.17) is 4.42 Å². The maximum Gasteiger partial charge on any atom is 0.145 e. The first kappa shape index (κ1) is 31.6. The largest absolute Gasteiger partial charge is 0.455 e. The molecule has 0 aliphatic rings. The van der Waals surface area contributed by atoms with E-state index in [0.29, 0.717) is 0 Å². The van der Waals surface area contributed by atoms with E-state index in [0.717, 1.165) is 50.1 Å². The third-order valence-electron chi connectivity index (χ3n) is 10.9. The van der Waals surface area contributed by atoms with Crippen molar-refractivity contribution in [3.63, 3.8) is 0 Å². The molecule has 3 heteroatoms. The molecular weight excluding hydrogens is 687 g/mol. The van der Waals surface area contributed by atoms with Crippen molar-refractivity contribution in [1.82, 2.24) is 0 Å². The maximum absolute atomic E-state index is 6.84. The number of nitrogens with zero attached hydrogens (tertiary/aromatic N) is 1. The van der Waals surface area contributed by atoms with E-state index in [1.807, 2.05) is 11.3 Å². The summed E-state index contributed by atoms with van der Waals surface area (Å²) < 4.78 is 9.36. The zero-order valence-corrected chi connectivity index (χ0v) is 30.6. The van der Waals surface area contributed by atoms with Crippen LogP contribution in [0.5, 0.6) is 0 Å². The van der Waals surface area contributed by atoms with Gasteiger partial charge in [0.25, 0.3) is 0 Å². The zero-order chi connectivity index (χ0) is 36.3. The molecule has 0 saturated heterocycles. The Morgan fingerprint density at radius 2 is 0.945 bits per heavy atom. The molecular formula is C52H33NOS. The normalized spacial score (nSPS) is 11.6. The Kier molecular flexibility index (Phi) is 7.39. The van der Waals surface area contributed by atoms with Crippen LogP contribution in [-0.4, -0.2) is 0 Å². The van der Waals surface area contributed by atoms with Crippen molar-refractivity contribution in [1.29, 1.82) is 0 Å². The molecule has 0 amide bonds. The van der Waals surface area contributed by atoms with Crippen LogP contribution in [0.3, 0.4) is 0 Å². The molecule has 11 rings (SSSR count). The minimum Gasteiger partial charge on any atom is -0.455 e. The first-order valence-corrected chi connectivity index (χ1v) is 19.5. The Hall–Kier alpha value is -6.94. The predicted octanol–water partition coefficient (Wildman–Crippen LogP) is 15.6. The van der Waals surface area contributed by atoms with Crippen LogP contribution in [0.4, 0.5) is 17.1 Å². The van der Waals surface area contributed by atoms with E-state index < -0.39 is 0 Å². The fraction of sp³-hybridized carbons (Fsp3) is 0. The second kappa shape index (κ2) is 12.9. The number of thiophene rings is 1. The third kappa shape index (κ3) is 5.16. The van der Waals surface area contributed by atoms with Gasteiger partial charge in [0.15, 0.2) is 0 Å². The standard InChI is InChI=1S/C52H33NOS/c1-4-15-34(16-5-1)37-27-28-43-49(33-37)55-48-26-14-24-45(50(43)48)53(44-31-29-38(35-17-6-2-7-18-35)40-21-10-11-22-41(40)44)46-32-30-39(36-19-8-3-9-20-36)52-51(46)42-23-12-13-25-47(42)54-52/h1-33H. The van der Waals surface area contributed by atoms with Crippen LogP contribution in [-0.2, 0) is 0 Å². The van der Waals surface area contributed by atoms with Crippen LogP contribution in [0.1, 0.15) is 0 Å². The van der Waals surface area contributed by atoms with Gasteiger partial charge in [0.1, 0.15) is 11.2 Å². The third-order valence-corrected chi connectivity index (χ3v) is 12.0. The van der Waals surface area contributed by atoms with Gasteiger partial charge in [-0.3, -0.25) is 0 Å². The van der Waals surface area contributed by atoms with Gasteiger partial charge in [0, 0.05) is 36.5 Å². The molecule has 11 aromatic rings. The molecule has 0 bridgehead atoms. The first-order valence-electron chi connectivity index (χ1n) is 18.7. The maximum atomic E-state index is 6.84. The molecule has 0 radical (unpaired) electrons. The van der Waals surface area contributed by atoms with Crippen molar-refractivity contribution < 1.29 is 4.42 Å². The zero-order valence-electron chi connectivity index (χ0n) is 29.8. The minimum absolute atomic E-state index is 0.874. The molecule has 2 heterocycles. The van der Waals surface area contributed by atoms with E-state index in [1.165, 1.54) is 53.2 Å². The molecule has 9 aromatic carbocycles. The minimum atomic E-state index is 0.874. The molecule has 0 unspecified atom stereocenters. The molecule has 0 saturated carbocycles. The van der Waals surface area contributed by atoms with Gasteiger partial charge in [-0.25, -0.2) is 0 Å². The summed E-state index contributed by atoms with van der Waals surface area (Å²) in [6.07, 6.45) is 0. The van der Waals surface area contributed by atoms with Crippen molar-refractivity contribution in [2.45, 2.75) is 0 Å². The lowest BCUT2D eigenvalue weighted by atomic mass is 9.95. The molecule has 0 atom stereocenters. The molecule has 55 heavy (non-hydrogen) atoms. The Balaban J connectivity index is 1.24. The molecule has 0 spiro atoms. The Labute approximate surface area is 322 Å². The monoisotopic (exact) mass is 719 g/mol. The van der Waals surface area contributed by atoms with Gasteiger partial charge < -0.3 is 9.32 Å². The van der Waals surface area contributed by atoms with Crippen LogP contribution >= 0.6 is 11.3 Å². The number of hydrogen-bond acceptors (Lipinski definition) is 3. The van der Waals surface area contributed by atoms with Crippen molar-refractivity contribution >= 4 is 81.3 Å². The summed E-state index contributed by atoms with van der Waals surface area (Å²) in [6, 6.07) is 72.1. The Bertz CT molecular complexity index is 3200. The van der Waals surface area contributed by atoms with Crippen molar-refractivity contribution in [2.75, 3.05) is 4.90 Å². The van der Waals surface area contributed by atoms with Gasteiger partial charge in [0.05, 0.1) is 22.4 Å². The van der Waals surface area contributed by atoms with Gasteiger partial charge in [-0.15, -0.1) is 11.3 Å². The summed E-state index contributed by atoms with van der Waals surface area (Å²) in [5, 5.41) is 7.07. The summed E-state index contributed by atoms with van der Waals surface area (Å²) in [5.41, 5.74) is 12.1. The topological polar surface area (TPSA) is 16.4 Å². The van der Waals surface area contributed by atoms with Crippen LogP contribution in [0.2, 0.25) is 0 Å². The SMILES string of the molecule is c1ccc(-c2ccc3c(c2)sc2cccc(N(c4ccc(-c5ccccc5)c5ccccc45)c4ccc(-c5ccccc5)c5oc6ccccc6c45)c23)cc1. The number of fused-ring (bicyclic) bond motifs is 7. The summed E-state index contributed by atoms with van der Waals surface area (Å²) >= 11 is 1.86. The number of benzene rings is 9. The fourth-order valence-electron chi connectivity index (χ4n) is 8.38. The molecule has 258 valence electrons. The second-order valence-electron chi connectivity index (χ2n) is 14.0. The lowest BCUT2D eigenvalue weighted by Crippen LogP contribution is -2.11. The van der Waals surface area contributed by atoms with E-state index >= 15 is 0 Å². The summed E-state index contributed by atoms with van der Waals surface area (Å²) in [6.45, 7) is 0. The lowest BCUT2D eigenvalue weighted by molar-refractivity contribution is 0.670. The highest BCUT2D eigenvalue weighted by molar-refractivity contribution is 7.26. The van der Waals surface area contributed by atoms with Crippen molar-refractivity contribution in [3.05, 3.63) is 200 Å². The number of rotatable bonds is 6. The van der Waals surface area contributed by atoms with Crippen molar-refractivity contribution in [3.8, 4) is 33.4 Å². The lowest BCUT2D eigenvalue weighted by Gasteiger charge is -2.29. The van der Waals surface area contributed by atoms with E-state index in [2.05, 4.69) is 205 Å². The van der Waals surface area contributed by atoms with E-state index in [-0.39, 0.29) is 0 Å². The molecule has 0 aliphatic heterocycles. The number of anilines is 3. The van der Waals surface area contributed by atoms with Gasteiger partial charge in [-0.05, 0) is 75.7 Å². The fourth-order valence-corrected chi connectivity index (χ4v) is 9.55. The van der Waals surface area contributed by atoms with Crippen LogP contribution in [0, 0.1) is 0 Å². The van der Waals surface area contributed by atoms with Gasteiger partial charge in [0.2, 0.25) is 0 Å². The van der Waals surface area contributed by atoms with Gasteiger partial charge in [-0.2, -0.15) is 0 Å². The van der Waals surface area contributed by atoms with Crippen LogP contribution in [0.25, 0.3) is 86.3 Å². The highest BCUT2D eigenvalue weighted by atomic mass is 32.1. The number of para-hydroxylation sites is 1. The summed E-state index contributed by atoms with van der Waals surface area (Å²) in [4.78, 5) is 2.50. The average Bonchev–Trinajstić information content (AvgIpc) is 3.84. The van der Waals surface area contributed by atoms with Crippen molar-refractivity contribution in [2.24, 2.45) is 0 Å². The van der Waals surface area contributed by atoms with E-state index in [1.54, 1.807) is 0 Å². The van der Waals surface area contributed by atoms with Gasteiger partial charge >= 0.3 is 0 Å². The molecule has 2 aromatic heterocycles. The number of furan rings is 1. The predicted molar refractivity (Wildman–Crippen MR) is 235 cm³/mol. The van der Waals surface area contributed by atoms with E-state index in [9.17, 15) is 0 Å². The van der Waals surface area contributed by atoms with Crippen LogP contribution in [0.15, 0.2) is 205 Å². The smallest absolute Gasteiger partial charge is 0.145 e. The Morgan fingerprint density at radius 1 is 0.345 bits per heavy atom. The van der Waals surface area contributed by atoms with Crippen LogP contribution < -0.4 is 4.90 Å². The van der Waals surface area contributed by atoms with Gasteiger partial charge in [-0.1, -0.05) is 158 Å². The Morgan fingerprint density at radius 3 is 1.71 bits per heavy atom. The molecule has 0 N–H and O–H groups in total. The molecule has 0 aliphatic carbocycles. The first-order chi connectivity index (χ1) is 27.3. The second-order valence-corrected chi connectivity index (χ2v) is 15.1.